The van der Waals surface area contributed by atoms with Gasteiger partial charge in [-0.3, -0.25) is 4.98 Å². The van der Waals surface area contributed by atoms with E-state index in [-0.39, 0.29) is 0 Å². The van der Waals surface area contributed by atoms with Crippen LogP contribution in [0.2, 0.25) is 0 Å². The maximum absolute atomic E-state index is 8.75. The first kappa shape index (κ1) is 10.2. The van der Waals surface area contributed by atoms with Crippen LogP contribution in [-0.4, -0.2) is 8.81 Å². The Morgan fingerprint density at radius 1 is 1.00 bits per heavy atom. The van der Waals surface area contributed by atoms with Crippen LogP contribution >= 0.6 is 0 Å². The molecule has 0 amide bonds. The monoisotopic (exact) mass is 331 g/mol. The molecule has 0 bridgehead atoms. The van der Waals surface area contributed by atoms with Gasteiger partial charge in [-0.1, -0.05) is 6.07 Å². The standard InChI is InChI=1S/C5H5N.H2O.3O.Re/c1-2-4-6-5-3-1;;;;;/h1-5H;1H2;;;;/q;;;;;+1/p-1. The molecule has 0 unspecified atom stereocenters. The van der Waals surface area contributed by atoms with Crippen LogP contribution in [0.5, 0.6) is 0 Å². The number of nitrogens with zero attached hydrogens (tertiary/aromatic N) is 1. The summed E-state index contributed by atoms with van der Waals surface area (Å²) in [4.78, 5) is 3.78. The fraction of sp³-hybridized carbons (Fsp3) is 0. The van der Waals surface area contributed by atoms with Gasteiger partial charge in [0.15, 0.2) is 0 Å². The fourth-order valence-corrected chi connectivity index (χ4v) is 0.313. The molecule has 1 N–H and O–H groups in total. The number of hydrogen-bond acceptors (Lipinski definition) is 4. The zero-order valence-corrected chi connectivity index (χ0v) is 8.10. The summed E-state index contributed by atoms with van der Waals surface area (Å²) in [6.07, 6.45) is 3.50. The van der Waals surface area contributed by atoms with Gasteiger partial charge in [-0.2, -0.15) is 0 Å². The van der Waals surface area contributed by atoms with Gasteiger partial charge in [-0.05, 0) is 12.1 Å². The van der Waals surface area contributed by atoms with Crippen molar-refractivity contribution in [3.05, 3.63) is 30.6 Å². The number of aromatic nitrogens is 1. The molecule has 5 nitrogen and oxygen atoms in total. The van der Waals surface area contributed by atoms with E-state index in [0.717, 1.165) is 0 Å². The molecule has 0 saturated carbocycles. The van der Waals surface area contributed by atoms with Crippen LogP contribution in [0.4, 0.5) is 0 Å². The second-order valence-corrected chi connectivity index (χ2v) is 4.27. The van der Waals surface area contributed by atoms with Gasteiger partial charge in [0, 0.05) is 12.4 Å². The van der Waals surface area contributed by atoms with Crippen molar-refractivity contribution in [1.82, 2.24) is 4.98 Å². The summed E-state index contributed by atoms with van der Waals surface area (Å²) < 4.78 is 33.3. The molecule has 62 valence electrons. The third kappa shape index (κ3) is 17.6. The van der Waals surface area contributed by atoms with E-state index in [1.165, 1.54) is 0 Å². The summed E-state index contributed by atoms with van der Waals surface area (Å²) >= 11 is -5.86. The van der Waals surface area contributed by atoms with Crippen molar-refractivity contribution in [3.63, 3.8) is 0 Å². The number of pyridine rings is 1. The normalized spacial score (nSPS) is 9.55. The van der Waals surface area contributed by atoms with Crippen molar-refractivity contribution in [2.24, 2.45) is 0 Å². The van der Waals surface area contributed by atoms with E-state index in [0.29, 0.717) is 0 Å². The summed E-state index contributed by atoms with van der Waals surface area (Å²) in [6.45, 7) is 0. The molecule has 0 spiro atoms. The van der Waals surface area contributed by atoms with Gasteiger partial charge in [0.25, 0.3) is 0 Å². The Morgan fingerprint density at radius 3 is 1.45 bits per heavy atom. The molecule has 0 atom stereocenters. The van der Waals surface area contributed by atoms with Gasteiger partial charge in [0.2, 0.25) is 0 Å². The first-order valence-corrected chi connectivity index (χ1v) is 7.02. The molecular formula is C5H6NO4Re. The molecule has 1 aromatic rings. The Bertz CT molecular complexity index is 284. The van der Waals surface area contributed by atoms with Gasteiger partial charge in [-0.15, -0.1) is 0 Å². The zero-order chi connectivity index (χ0) is 8.74. The zero-order valence-electron chi connectivity index (χ0n) is 5.38. The summed E-state index contributed by atoms with van der Waals surface area (Å²) in [5, 5.41) is 0. The minimum absolute atomic E-state index is 1.75. The van der Waals surface area contributed by atoms with Crippen LogP contribution in [-0.2, 0) is 26.2 Å². The third-order valence-corrected chi connectivity index (χ3v) is 0.566. The van der Waals surface area contributed by atoms with Crippen molar-refractivity contribution >= 4 is 0 Å². The SMILES string of the molecule is [O]=[Re](=[O])(=[O])[OH].c1ccncc1. The molecule has 0 radical (unpaired) electrons. The van der Waals surface area contributed by atoms with Crippen molar-refractivity contribution in [2.75, 3.05) is 0 Å². The Hall–Kier alpha value is -0.828. The van der Waals surface area contributed by atoms with Gasteiger partial charge in [0.05, 0.1) is 0 Å². The first-order chi connectivity index (χ1) is 5.00. The molecule has 1 heterocycles. The Kier molecular flexibility index (Phi) is 4.54. The van der Waals surface area contributed by atoms with Crippen LogP contribution in [0.15, 0.2) is 30.6 Å². The van der Waals surface area contributed by atoms with E-state index in [4.69, 9.17) is 14.2 Å². The Balaban J connectivity index is 0.000000187. The molecule has 1 aromatic heterocycles. The molecule has 0 aliphatic carbocycles. The van der Waals surface area contributed by atoms with E-state index < -0.39 is 15.8 Å². The molecule has 1 rings (SSSR count). The molecule has 0 fully saturated rings. The molecule has 0 aliphatic heterocycles. The van der Waals surface area contributed by atoms with Crippen molar-refractivity contribution < 1.29 is 30.0 Å². The number of hydrogen-bond donors (Lipinski definition) is 1. The molecule has 0 aliphatic rings. The second kappa shape index (κ2) is 4.91. The molecule has 11 heavy (non-hydrogen) atoms. The summed E-state index contributed by atoms with van der Waals surface area (Å²) in [5.41, 5.74) is 0. The third-order valence-electron chi connectivity index (χ3n) is 0.566. The van der Waals surface area contributed by atoms with Gasteiger partial charge < -0.3 is 0 Å². The van der Waals surface area contributed by atoms with Crippen LogP contribution in [0.3, 0.4) is 0 Å². The maximum Gasteiger partial charge on any atom is 0.0267 e. The van der Waals surface area contributed by atoms with Crippen molar-refractivity contribution in [3.8, 4) is 0 Å². The maximum atomic E-state index is 8.75. The van der Waals surface area contributed by atoms with Crippen molar-refractivity contribution in [1.29, 1.82) is 0 Å². The minimum Gasteiger partial charge on any atom is -0.265 e. The Morgan fingerprint density at radius 2 is 1.36 bits per heavy atom. The van der Waals surface area contributed by atoms with Crippen LogP contribution in [0.1, 0.15) is 0 Å². The Labute approximate surface area is 66.0 Å². The predicted octanol–water partition coefficient (Wildman–Crippen LogP) is 0.166. The molecule has 6 heteroatoms. The summed E-state index contributed by atoms with van der Waals surface area (Å²) in [6, 6.07) is 5.72. The van der Waals surface area contributed by atoms with Gasteiger partial charge >= 0.3 is 30.0 Å². The van der Waals surface area contributed by atoms with E-state index >= 15 is 0 Å². The topological polar surface area (TPSA) is 84.3 Å². The summed E-state index contributed by atoms with van der Waals surface area (Å²) in [7, 11) is 0. The quantitative estimate of drug-likeness (QED) is 0.733. The van der Waals surface area contributed by atoms with E-state index in [2.05, 4.69) is 4.98 Å². The van der Waals surface area contributed by atoms with Gasteiger partial charge in [0.1, 0.15) is 0 Å². The van der Waals surface area contributed by atoms with E-state index in [9.17, 15) is 0 Å². The van der Waals surface area contributed by atoms with E-state index in [1.54, 1.807) is 12.4 Å². The summed E-state index contributed by atoms with van der Waals surface area (Å²) in [5.74, 6) is 0. The second-order valence-electron chi connectivity index (χ2n) is 1.42. The minimum atomic E-state index is -5.86. The average Bonchev–Trinajstić information content (AvgIpc) is 1.88. The largest absolute Gasteiger partial charge is 0.265 e. The smallest absolute Gasteiger partial charge is 0.0267 e. The van der Waals surface area contributed by atoms with E-state index in [1.807, 2.05) is 18.2 Å². The molecule has 0 saturated heterocycles. The predicted molar refractivity (Wildman–Crippen MR) is 28.5 cm³/mol. The van der Waals surface area contributed by atoms with Crippen LogP contribution in [0, 0.1) is 0 Å². The van der Waals surface area contributed by atoms with Gasteiger partial charge in [-0.25, -0.2) is 0 Å². The fourth-order valence-electron chi connectivity index (χ4n) is 0.313. The molecular weight excluding hydrogens is 324 g/mol. The number of rotatable bonds is 0. The van der Waals surface area contributed by atoms with Crippen LogP contribution in [0.25, 0.3) is 0 Å². The first-order valence-electron chi connectivity index (χ1n) is 2.48. The van der Waals surface area contributed by atoms with Crippen LogP contribution < -0.4 is 0 Å². The van der Waals surface area contributed by atoms with Crippen molar-refractivity contribution in [2.45, 2.75) is 0 Å². The molecule has 0 aromatic carbocycles. The average molecular weight is 330 g/mol.